The molecule has 17 heavy (non-hydrogen) atoms. The van der Waals surface area contributed by atoms with Crippen molar-refractivity contribution in [2.75, 3.05) is 18.5 Å². The Hall–Kier alpha value is -0.810. The van der Waals surface area contributed by atoms with Gasteiger partial charge in [-0.15, -0.1) is 16.7 Å². The summed E-state index contributed by atoms with van der Waals surface area (Å²) in [6.45, 7) is 7.44. The van der Waals surface area contributed by atoms with Gasteiger partial charge in [-0.05, 0) is 33.6 Å². The van der Waals surface area contributed by atoms with Crippen LogP contribution in [0.2, 0.25) is 0 Å². The van der Waals surface area contributed by atoms with Crippen molar-refractivity contribution in [3.05, 3.63) is 5.89 Å². The molecule has 0 bridgehead atoms. The van der Waals surface area contributed by atoms with Crippen molar-refractivity contribution in [1.29, 1.82) is 0 Å². The maximum atomic E-state index is 5.81. The zero-order chi connectivity index (χ0) is 12.7. The Balaban J connectivity index is 2.09. The summed E-state index contributed by atoms with van der Waals surface area (Å²) in [7, 11) is 0. The fraction of sp³-hybridized carbons (Fsp3) is 0.818. The van der Waals surface area contributed by atoms with Crippen LogP contribution in [0.5, 0.6) is 0 Å². The average Bonchev–Trinajstić information content (AvgIpc) is 2.71. The van der Waals surface area contributed by atoms with E-state index < -0.39 is 0 Å². The molecule has 0 aliphatic carbocycles. The van der Waals surface area contributed by atoms with Crippen LogP contribution in [-0.4, -0.2) is 29.5 Å². The van der Waals surface area contributed by atoms with E-state index in [0.717, 1.165) is 26.0 Å². The summed E-state index contributed by atoms with van der Waals surface area (Å²) < 4.78 is 10.7. The van der Waals surface area contributed by atoms with Crippen LogP contribution in [-0.2, 0) is 4.74 Å². The van der Waals surface area contributed by atoms with Gasteiger partial charge >= 0.3 is 6.01 Å². The van der Waals surface area contributed by atoms with Crippen LogP contribution in [0.15, 0.2) is 4.42 Å². The number of alkyl halides is 1. The van der Waals surface area contributed by atoms with Crippen LogP contribution in [0, 0.1) is 0 Å². The number of aromatic nitrogens is 2. The predicted octanol–water partition coefficient (Wildman–Crippen LogP) is 2.99. The van der Waals surface area contributed by atoms with Crippen molar-refractivity contribution in [2.24, 2.45) is 0 Å². The molecule has 6 heteroatoms. The third-order valence-corrected chi connectivity index (χ3v) is 2.27. The lowest BCUT2D eigenvalue weighted by Crippen LogP contribution is -2.07. The molecule has 0 spiro atoms. The van der Waals surface area contributed by atoms with Crippen molar-refractivity contribution in [3.63, 3.8) is 0 Å². The van der Waals surface area contributed by atoms with E-state index in [1.54, 1.807) is 6.92 Å². The van der Waals surface area contributed by atoms with Gasteiger partial charge in [-0.2, -0.15) is 0 Å². The first-order chi connectivity index (χ1) is 8.09. The van der Waals surface area contributed by atoms with Crippen molar-refractivity contribution in [3.8, 4) is 0 Å². The molecule has 1 atom stereocenters. The molecule has 0 fully saturated rings. The van der Waals surface area contributed by atoms with Gasteiger partial charge in [0.1, 0.15) is 5.38 Å². The van der Waals surface area contributed by atoms with Crippen LogP contribution < -0.4 is 5.32 Å². The Labute approximate surface area is 107 Å². The summed E-state index contributed by atoms with van der Waals surface area (Å²) in [6.07, 6.45) is 2.31. The van der Waals surface area contributed by atoms with E-state index >= 15 is 0 Å². The van der Waals surface area contributed by atoms with E-state index in [2.05, 4.69) is 15.5 Å². The molecule has 1 N–H and O–H groups in total. The topological polar surface area (TPSA) is 60.2 Å². The van der Waals surface area contributed by atoms with Gasteiger partial charge in [0, 0.05) is 13.2 Å². The predicted molar refractivity (Wildman–Crippen MR) is 67.4 cm³/mol. The molecule has 0 aliphatic heterocycles. The molecule has 1 heterocycles. The number of unbranched alkanes of at least 4 members (excludes halogenated alkanes) is 1. The second-order valence-corrected chi connectivity index (χ2v) is 4.77. The van der Waals surface area contributed by atoms with Crippen LogP contribution >= 0.6 is 11.6 Å². The lowest BCUT2D eigenvalue weighted by Gasteiger charge is -2.06. The lowest BCUT2D eigenvalue weighted by atomic mass is 10.3. The van der Waals surface area contributed by atoms with Gasteiger partial charge in [0.05, 0.1) is 6.10 Å². The first-order valence-corrected chi connectivity index (χ1v) is 6.36. The maximum absolute atomic E-state index is 5.81. The van der Waals surface area contributed by atoms with Gasteiger partial charge in [-0.3, -0.25) is 0 Å². The van der Waals surface area contributed by atoms with Crippen LogP contribution in [0.1, 0.15) is 44.9 Å². The minimum absolute atomic E-state index is 0.252. The molecule has 1 aromatic heterocycles. The van der Waals surface area contributed by atoms with E-state index in [4.69, 9.17) is 20.8 Å². The molecule has 0 aliphatic rings. The number of nitrogens with zero attached hydrogens (tertiary/aromatic N) is 2. The minimum Gasteiger partial charge on any atom is -0.407 e. The van der Waals surface area contributed by atoms with Gasteiger partial charge in [-0.1, -0.05) is 5.10 Å². The Morgan fingerprint density at radius 1 is 1.29 bits per heavy atom. The third-order valence-electron chi connectivity index (χ3n) is 2.08. The largest absolute Gasteiger partial charge is 0.407 e. The standard InChI is InChI=1S/C11H20ClN3O2/c1-8(2)16-7-5-4-6-13-11-15-14-10(17-11)9(3)12/h8-9H,4-7H2,1-3H3,(H,13,15). The van der Waals surface area contributed by atoms with Crippen LogP contribution in [0.3, 0.4) is 0 Å². The summed E-state index contributed by atoms with van der Waals surface area (Å²) in [5, 5.41) is 10.5. The molecule has 1 aromatic rings. The van der Waals surface area contributed by atoms with E-state index in [-0.39, 0.29) is 5.38 Å². The summed E-state index contributed by atoms with van der Waals surface area (Å²) in [5.41, 5.74) is 0. The second-order valence-electron chi connectivity index (χ2n) is 4.11. The summed E-state index contributed by atoms with van der Waals surface area (Å²) in [4.78, 5) is 0. The summed E-state index contributed by atoms with van der Waals surface area (Å²) >= 11 is 5.81. The van der Waals surface area contributed by atoms with E-state index in [9.17, 15) is 0 Å². The first kappa shape index (κ1) is 14.3. The third kappa shape index (κ3) is 5.89. The molecule has 0 saturated carbocycles. The van der Waals surface area contributed by atoms with Crippen LogP contribution in [0.4, 0.5) is 6.01 Å². The Morgan fingerprint density at radius 2 is 2.06 bits per heavy atom. The van der Waals surface area contributed by atoms with E-state index in [1.165, 1.54) is 0 Å². The monoisotopic (exact) mass is 261 g/mol. The summed E-state index contributed by atoms with van der Waals surface area (Å²) in [5.74, 6) is 0.442. The number of nitrogens with one attached hydrogen (secondary N) is 1. The van der Waals surface area contributed by atoms with Crippen molar-refractivity contribution < 1.29 is 9.15 Å². The number of anilines is 1. The second kappa shape index (κ2) is 7.50. The summed E-state index contributed by atoms with van der Waals surface area (Å²) in [6, 6.07) is 0.428. The van der Waals surface area contributed by atoms with Gasteiger partial charge in [0.15, 0.2) is 0 Å². The zero-order valence-electron chi connectivity index (χ0n) is 10.6. The molecule has 0 amide bonds. The lowest BCUT2D eigenvalue weighted by molar-refractivity contribution is 0.0765. The highest BCUT2D eigenvalue weighted by atomic mass is 35.5. The number of halogens is 1. The molecule has 1 unspecified atom stereocenters. The van der Waals surface area contributed by atoms with Gasteiger partial charge in [-0.25, -0.2) is 0 Å². The highest BCUT2D eigenvalue weighted by Crippen LogP contribution is 2.18. The molecule has 0 aromatic carbocycles. The quantitative estimate of drug-likeness (QED) is 0.576. The van der Waals surface area contributed by atoms with Gasteiger partial charge in [0.2, 0.25) is 5.89 Å². The fourth-order valence-corrected chi connectivity index (χ4v) is 1.30. The van der Waals surface area contributed by atoms with Crippen molar-refractivity contribution in [1.82, 2.24) is 10.2 Å². The first-order valence-electron chi connectivity index (χ1n) is 5.92. The molecule has 1 rings (SSSR count). The number of ether oxygens (including phenoxy) is 1. The average molecular weight is 262 g/mol. The number of hydrogen-bond donors (Lipinski definition) is 1. The van der Waals surface area contributed by atoms with E-state index in [0.29, 0.717) is 18.0 Å². The molecule has 98 valence electrons. The fourth-order valence-electron chi connectivity index (χ4n) is 1.21. The smallest absolute Gasteiger partial charge is 0.315 e. The Kier molecular flexibility index (Phi) is 6.29. The Morgan fingerprint density at radius 3 is 2.65 bits per heavy atom. The van der Waals surface area contributed by atoms with Gasteiger partial charge < -0.3 is 14.5 Å². The van der Waals surface area contributed by atoms with Crippen molar-refractivity contribution >= 4 is 17.6 Å². The minimum atomic E-state index is -0.252. The van der Waals surface area contributed by atoms with E-state index in [1.807, 2.05) is 13.8 Å². The van der Waals surface area contributed by atoms with Crippen LogP contribution in [0.25, 0.3) is 0 Å². The molecule has 0 radical (unpaired) electrons. The molecular formula is C11H20ClN3O2. The molecule has 5 nitrogen and oxygen atoms in total. The number of rotatable bonds is 8. The Bertz CT molecular complexity index is 315. The molecule has 0 saturated heterocycles. The number of hydrogen-bond acceptors (Lipinski definition) is 5. The SMILES string of the molecule is CC(C)OCCCCNc1nnc(C(C)Cl)o1. The van der Waals surface area contributed by atoms with Crippen molar-refractivity contribution in [2.45, 2.75) is 45.1 Å². The zero-order valence-corrected chi connectivity index (χ0v) is 11.3. The normalized spacial score (nSPS) is 13.0. The molecular weight excluding hydrogens is 242 g/mol. The maximum Gasteiger partial charge on any atom is 0.315 e. The highest BCUT2D eigenvalue weighted by molar-refractivity contribution is 6.20. The van der Waals surface area contributed by atoms with Gasteiger partial charge in [0.25, 0.3) is 0 Å². The highest BCUT2D eigenvalue weighted by Gasteiger charge is 2.10.